The highest BCUT2D eigenvalue weighted by molar-refractivity contribution is 5.78. The SMILES string of the molecule is CCN1C[C@H](CN(C)c2nccnc2C#N)CC1=O. The largest absolute Gasteiger partial charge is 0.357 e. The van der Waals surface area contributed by atoms with Gasteiger partial charge in [-0.3, -0.25) is 4.79 Å². The van der Waals surface area contributed by atoms with Crippen molar-refractivity contribution in [2.45, 2.75) is 13.3 Å². The van der Waals surface area contributed by atoms with Crippen LogP contribution in [0.3, 0.4) is 0 Å². The summed E-state index contributed by atoms with van der Waals surface area (Å²) in [5.74, 6) is 1.07. The zero-order valence-electron chi connectivity index (χ0n) is 11.2. The maximum Gasteiger partial charge on any atom is 0.222 e. The Morgan fingerprint density at radius 2 is 2.26 bits per heavy atom. The molecule has 0 aromatic carbocycles. The van der Waals surface area contributed by atoms with Gasteiger partial charge in [-0.1, -0.05) is 0 Å². The number of likely N-dealkylation sites (tertiary alicyclic amines) is 1. The van der Waals surface area contributed by atoms with Gasteiger partial charge in [-0.2, -0.15) is 5.26 Å². The minimum Gasteiger partial charge on any atom is -0.357 e. The molecule has 0 aliphatic carbocycles. The predicted molar refractivity (Wildman–Crippen MR) is 70.4 cm³/mol. The molecule has 1 fully saturated rings. The van der Waals surface area contributed by atoms with E-state index in [1.165, 1.54) is 6.20 Å². The molecule has 0 spiro atoms. The molecule has 2 rings (SSSR count). The minimum atomic E-state index is 0.209. The van der Waals surface area contributed by atoms with Gasteiger partial charge in [-0.15, -0.1) is 0 Å². The van der Waals surface area contributed by atoms with Gasteiger partial charge in [0.15, 0.2) is 11.5 Å². The monoisotopic (exact) mass is 259 g/mol. The Balaban J connectivity index is 2.04. The summed E-state index contributed by atoms with van der Waals surface area (Å²) in [5.41, 5.74) is 0.321. The average Bonchev–Trinajstić information content (AvgIpc) is 2.78. The summed E-state index contributed by atoms with van der Waals surface area (Å²) in [6.45, 7) is 4.23. The zero-order valence-corrected chi connectivity index (χ0v) is 11.2. The number of aromatic nitrogens is 2. The number of carbonyl (C=O) groups is 1. The number of rotatable bonds is 4. The van der Waals surface area contributed by atoms with Crippen LogP contribution in [-0.4, -0.2) is 47.5 Å². The second kappa shape index (κ2) is 5.65. The van der Waals surface area contributed by atoms with Gasteiger partial charge in [-0.05, 0) is 6.92 Å². The molecule has 0 saturated carbocycles. The number of hydrogen-bond donors (Lipinski definition) is 0. The van der Waals surface area contributed by atoms with Crippen molar-refractivity contribution in [1.29, 1.82) is 5.26 Å². The van der Waals surface area contributed by atoms with E-state index in [1.807, 2.05) is 29.8 Å². The van der Waals surface area contributed by atoms with Gasteiger partial charge >= 0.3 is 0 Å². The highest BCUT2D eigenvalue weighted by Crippen LogP contribution is 2.21. The third-order valence-corrected chi connectivity index (χ3v) is 3.35. The van der Waals surface area contributed by atoms with Gasteiger partial charge < -0.3 is 9.80 Å². The molecule has 0 bridgehead atoms. The van der Waals surface area contributed by atoms with E-state index >= 15 is 0 Å². The maximum absolute atomic E-state index is 11.7. The van der Waals surface area contributed by atoms with Crippen molar-refractivity contribution in [3.8, 4) is 6.07 Å². The van der Waals surface area contributed by atoms with Gasteiger partial charge in [0.05, 0.1) is 0 Å². The quantitative estimate of drug-likeness (QED) is 0.794. The van der Waals surface area contributed by atoms with Crippen LogP contribution in [0.25, 0.3) is 0 Å². The van der Waals surface area contributed by atoms with Crippen molar-refractivity contribution in [3.05, 3.63) is 18.1 Å². The van der Waals surface area contributed by atoms with Crippen LogP contribution in [0.15, 0.2) is 12.4 Å². The Hall–Kier alpha value is -2.16. The number of anilines is 1. The van der Waals surface area contributed by atoms with Crippen LogP contribution in [0.4, 0.5) is 5.82 Å². The fraction of sp³-hybridized carbons (Fsp3) is 0.538. The Labute approximate surface area is 112 Å². The third kappa shape index (κ3) is 2.81. The second-order valence-electron chi connectivity index (χ2n) is 4.72. The first-order valence-electron chi connectivity index (χ1n) is 6.35. The van der Waals surface area contributed by atoms with E-state index in [0.29, 0.717) is 24.5 Å². The standard InChI is InChI=1S/C13H17N5O/c1-3-18-9-10(6-12(18)19)8-17(2)13-11(7-14)15-4-5-16-13/h4-5,10H,3,6,8-9H2,1-2H3/t10-/m0/s1. The van der Waals surface area contributed by atoms with Crippen LogP contribution in [0.5, 0.6) is 0 Å². The summed E-state index contributed by atoms with van der Waals surface area (Å²) in [4.78, 5) is 23.6. The van der Waals surface area contributed by atoms with Gasteiger partial charge in [0.25, 0.3) is 0 Å². The van der Waals surface area contributed by atoms with Crippen LogP contribution in [-0.2, 0) is 4.79 Å². The molecule has 6 heteroatoms. The topological polar surface area (TPSA) is 73.1 Å². The number of hydrogen-bond acceptors (Lipinski definition) is 5. The van der Waals surface area contributed by atoms with Crippen molar-refractivity contribution in [3.63, 3.8) is 0 Å². The van der Waals surface area contributed by atoms with E-state index in [1.54, 1.807) is 6.20 Å². The van der Waals surface area contributed by atoms with Crippen molar-refractivity contribution in [1.82, 2.24) is 14.9 Å². The van der Waals surface area contributed by atoms with Crippen LogP contribution in [0.1, 0.15) is 19.0 Å². The summed E-state index contributed by atoms with van der Waals surface area (Å²) in [5, 5.41) is 9.01. The van der Waals surface area contributed by atoms with Gasteiger partial charge in [0.2, 0.25) is 5.91 Å². The number of amides is 1. The number of nitrogens with zero attached hydrogens (tertiary/aromatic N) is 5. The van der Waals surface area contributed by atoms with Crippen molar-refractivity contribution in [2.24, 2.45) is 5.92 Å². The lowest BCUT2D eigenvalue weighted by atomic mass is 10.1. The van der Waals surface area contributed by atoms with Gasteiger partial charge in [0, 0.05) is 51.4 Å². The smallest absolute Gasteiger partial charge is 0.222 e. The van der Waals surface area contributed by atoms with Gasteiger partial charge in [0.1, 0.15) is 6.07 Å². The molecular formula is C13H17N5O. The molecule has 1 aliphatic rings. The molecule has 1 aromatic rings. The summed E-state index contributed by atoms with van der Waals surface area (Å²) >= 11 is 0. The molecule has 1 saturated heterocycles. The van der Waals surface area contributed by atoms with Crippen LogP contribution in [0.2, 0.25) is 0 Å². The van der Waals surface area contributed by atoms with Crippen LogP contribution >= 0.6 is 0 Å². The maximum atomic E-state index is 11.7. The molecule has 19 heavy (non-hydrogen) atoms. The number of carbonyl (C=O) groups excluding carboxylic acids is 1. The minimum absolute atomic E-state index is 0.209. The Kier molecular flexibility index (Phi) is 3.95. The Morgan fingerprint density at radius 3 is 2.89 bits per heavy atom. The van der Waals surface area contributed by atoms with E-state index in [-0.39, 0.29) is 11.8 Å². The first-order valence-corrected chi connectivity index (χ1v) is 6.35. The lowest BCUT2D eigenvalue weighted by Crippen LogP contribution is -2.29. The molecule has 1 aromatic heterocycles. The first-order chi connectivity index (χ1) is 9.15. The molecule has 2 heterocycles. The molecule has 1 atom stereocenters. The van der Waals surface area contributed by atoms with E-state index < -0.39 is 0 Å². The normalized spacial score (nSPS) is 18.5. The average molecular weight is 259 g/mol. The number of nitriles is 1. The van der Waals surface area contributed by atoms with Gasteiger partial charge in [-0.25, -0.2) is 9.97 Å². The molecule has 1 amide bonds. The first kappa shape index (κ1) is 13.3. The fourth-order valence-corrected chi connectivity index (χ4v) is 2.44. The summed E-state index contributed by atoms with van der Waals surface area (Å²) < 4.78 is 0. The van der Waals surface area contributed by atoms with E-state index in [9.17, 15) is 4.79 Å². The van der Waals surface area contributed by atoms with E-state index in [4.69, 9.17) is 5.26 Å². The van der Waals surface area contributed by atoms with E-state index in [2.05, 4.69) is 9.97 Å². The highest BCUT2D eigenvalue weighted by Gasteiger charge is 2.29. The Bertz CT molecular complexity index is 510. The van der Waals surface area contributed by atoms with Crippen molar-refractivity contribution < 1.29 is 4.79 Å². The van der Waals surface area contributed by atoms with E-state index in [0.717, 1.165) is 13.1 Å². The highest BCUT2D eigenvalue weighted by atomic mass is 16.2. The lowest BCUT2D eigenvalue weighted by Gasteiger charge is -2.22. The van der Waals surface area contributed by atoms with Crippen molar-refractivity contribution >= 4 is 11.7 Å². The molecule has 0 unspecified atom stereocenters. The summed E-state index contributed by atoms with van der Waals surface area (Å²) in [7, 11) is 1.88. The van der Waals surface area contributed by atoms with Crippen LogP contribution < -0.4 is 4.90 Å². The molecule has 0 N–H and O–H groups in total. The summed E-state index contributed by atoms with van der Waals surface area (Å²) in [6, 6.07) is 2.04. The fourth-order valence-electron chi connectivity index (χ4n) is 2.44. The lowest BCUT2D eigenvalue weighted by molar-refractivity contribution is -0.127. The second-order valence-corrected chi connectivity index (χ2v) is 4.72. The summed E-state index contributed by atoms with van der Waals surface area (Å²) in [6.07, 6.45) is 3.65. The van der Waals surface area contributed by atoms with Crippen LogP contribution in [0, 0.1) is 17.2 Å². The molecule has 6 nitrogen and oxygen atoms in total. The molecule has 1 aliphatic heterocycles. The molecule has 100 valence electrons. The third-order valence-electron chi connectivity index (χ3n) is 3.35. The van der Waals surface area contributed by atoms with Crippen molar-refractivity contribution in [2.75, 3.05) is 31.6 Å². The predicted octanol–water partition coefficient (Wildman–Crippen LogP) is 0.653. The molecule has 0 radical (unpaired) electrons. The Morgan fingerprint density at radius 1 is 1.53 bits per heavy atom. The zero-order chi connectivity index (χ0) is 13.8. The molecular weight excluding hydrogens is 242 g/mol.